The van der Waals surface area contributed by atoms with Crippen molar-refractivity contribution in [3.05, 3.63) is 0 Å². The van der Waals surface area contributed by atoms with Crippen molar-refractivity contribution in [3.63, 3.8) is 0 Å². The predicted octanol–water partition coefficient (Wildman–Crippen LogP) is 2.31. The Kier molecular flexibility index (Phi) is 6.25. The molecule has 1 unspecified atom stereocenters. The molecule has 9 heavy (non-hydrogen) atoms. The van der Waals surface area contributed by atoms with E-state index in [1.165, 1.54) is 25.7 Å². The second-order valence-electron chi connectivity index (χ2n) is 2.44. The summed E-state index contributed by atoms with van der Waals surface area (Å²) in [6.07, 6.45) is 7.16. The molecule has 0 rings (SSSR count). The average Bonchev–Trinajstić information content (AvgIpc) is 1.87. The molecular weight excluding hydrogens is 110 g/mol. The van der Waals surface area contributed by atoms with Crippen molar-refractivity contribution >= 4 is 0 Å². The number of rotatable bonds is 6. The maximum Gasteiger partial charge on any atom is 0.0425 e. The van der Waals surface area contributed by atoms with Crippen molar-refractivity contribution in [2.75, 3.05) is 6.52 Å². The third kappa shape index (κ3) is 7.96. The molecule has 0 saturated carbocycles. The lowest BCUT2D eigenvalue weighted by Gasteiger charge is -1.96. The minimum Gasteiger partial charge on any atom is -0.330 e. The molecule has 0 aliphatic carbocycles. The van der Waals surface area contributed by atoms with Crippen LogP contribution in [-0.2, 0) is 0 Å². The smallest absolute Gasteiger partial charge is 0.0425 e. The van der Waals surface area contributed by atoms with Crippen LogP contribution in [0.4, 0.5) is 0 Å². The molecule has 0 aromatic heterocycles. The van der Waals surface area contributed by atoms with Gasteiger partial charge in [0.1, 0.15) is 0 Å². The van der Waals surface area contributed by atoms with Crippen LogP contribution in [0.15, 0.2) is 0 Å². The van der Waals surface area contributed by atoms with Crippen LogP contribution in [0.2, 0.25) is 0 Å². The van der Waals surface area contributed by atoms with E-state index in [4.69, 9.17) is 7.10 Å². The number of hydrogen-bond acceptors (Lipinski definition) is 1. The first-order chi connectivity index (χ1) is 4.77. The summed E-state index contributed by atoms with van der Waals surface area (Å²) in [5.41, 5.74) is 5.27. The van der Waals surface area contributed by atoms with E-state index in [-0.39, 0.29) is 6.52 Å². The molecule has 0 aliphatic rings. The quantitative estimate of drug-likeness (QED) is 0.548. The number of hydrogen-bond donors (Lipinski definition) is 1. The molecule has 1 nitrogen and oxygen atoms in total. The SMILES string of the molecule is [2H]C(N)CCCCCCC. The second kappa shape index (κ2) is 7.96. The van der Waals surface area contributed by atoms with Gasteiger partial charge in [-0.15, -0.1) is 0 Å². The summed E-state index contributed by atoms with van der Waals surface area (Å²) in [6, 6.07) is 0. The molecule has 2 N–H and O–H groups in total. The van der Waals surface area contributed by atoms with Gasteiger partial charge in [0.25, 0.3) is 0 Å². The maximum atomic E-state index is 7.04. The zero-order valence-corrected chi connectivity index (χ0v) is 6.40. The topological polar surface area (TPSA) is 26.0 Å². The Morgan fingerprint density at radius 1 is 1.11 bits per heavy atom. The van der Waals surface area contributed by atoms with Gasteiger partial charge in [-0.3, -0.25) is 0 Å². The van der Waals surface area contributed by atoms with Crippen molar-refractivity contribution in [1.82, 2.24) is 0 Å². The van der Waals surface area contributed by atoms with E-state index in [0.717, 1.165) is 12.8 Å². The van der Waals surface area contributed by atoms with Crippen LogP contribution < -0.4 is 5.73 Å². The molecule has 0 fully saturated rings. The largest absolute Gasteiger partial charge is 0.330 e. The Hall–Kier alpha value is -0.0400. The summed E-state index contributed by atoms with van der Waals surface area (Å²) in [4.78, 5) is 0. The first kappa shape index (κ1) is 7.07. The number of unbranched alkanes of at least 4 members (excludes halogenated alkanes) is 4. The highest BCUT2D eigenvalue weighted by atomic mass is 14.5. The standard InChI is InChI=1S/C8H19N/c1-2-3-4-5-6-7-8-9/h2-9H2,1H3/i8D. The Bertz CT molecular complexity index is 64.3. The molecule has 0 spiro atoms. The molecule has 0 aromatic carbocycles. The van der Waals surface area contributed by atoms with Gasteiger partial charge in [0.2, 0.25) is 0 Å². The fraction of sp³-hybridized carbons (Fsp3) is 1.00. The summed E-state index contributed by atoms with van der Waals surface area (Å²) in [5.74, 6) is 0. The van der Waals surface area contributed by atoms with Crippen LogP contribution in [0.3, 0.4) is 0 Å². The van der Waals surface area contributed by atoms with Crippen LogP contribution in [0.1, 0.15) is 46.8 Å². The van der Waals surface area contributed by atoms with Crippen LogP contribution >= 0.6 is 0 Å². The van der Waals surface area contributed by atoms with Gasteiger partial charge in [-0.05, 0) is 12.9 Å². The molecule has 1 heteroatoms. The van der Waals surface area contributed by atoms with Gasteiger partial charge in [-0.1, -0.05) is 39.0 Å². The van der Waals surface area contributed by atoms with Gasteiger partial charge < -0.3 is 5.73 Å². The highest BCUT2D eigenvalue weighted by Crippen LogP contribution is 2.03. The van der Waals surface area contributed by atoms with E-state index in [2.05, 4.69) is 6.92 Å². The minimum atomic E-state index is -0.346. The monoisotopic (exact) mass is 130 g/mol. The fourth-order valence-electron chi connectivity index (χ4n) is 0.866. The zero-order chi connectivity index (χ0) is 7.82. The molecule has 1 atom stereocenters. The molecular formula is C8H19N. The Labute approximate surface area is 60.0 Å². The van der Waals surface area contributed by atoms with Gasteiger partial charge in [0, 0.05) is 1.37 Å². The number of nitrogens with two attached hydrogens (primary N) is 1. The van der Waals surface area contributed by atoms with Crippen molar-refractivity contribution in [1.29, 1.82) is 0 Å². The second-order valence-corrected chi connectivity index (χ2v) is 2.44. The summed E-state index contributed by atoms with van der Waals surface area (Å²) in [5, 5.41) is 0. The molecule has 56 valence electrons. The first-order valence-corrected chi connectivity index (χ1v) is 3.95. The fourth-order valence-corrected chi connectivity index (χ4v) is 0.866. The van der Waals surface area contributed by atoms with Crippen LogP contribution in [0, 0.1) is 0 Å². The van der Waals surface area contributed by atoms with Crippen molar-refractivity contribution in [2.45, 2.75) is 45.4 Å². The lowest BCUT2D eigenvalue weighted by atomic mass is 10.1. The van der Waals surface area contributed by atoms with Gasteiger partial charge in [-0.25, -0.2) is 0 Å². The molecule has 0 aromatic rings. The first-order valence-electron chi connectivity index (χ1n) is 4.53. The van der Waals surface area contributed by atoms with E-state index < -0.39 is 0 Å². The summed E-state index contributed by atoms with van der Waals surface area (Å²) >= 11 is 0. The average molecular weight is 130 g/mol. The highest BCUT2D eigenvalue weighted by molar-refractivity contribution is 4.43. The molecule has 0 amide bonds. The third-order valence-electron chi connectivity index (χ3n) is 1.47. The van der Waals surface area contributed by atoms with Gasteiger partial charge in [0.15, 0.2) is 0 Å². The molecule has 0 radical (unpaired) electrons. The van der Waals surface area contributed by atoms with Crippen molar-refractivity contribution in [3.8, 4) is 0 Å². The molecule has 0 aliphatic heterocycles. The van der Waals surface area contributed by atoms with Gasteiger partial charge in [-0.2, -0.15) is 0 Å². The zero-order valence-electron chi connectivity index (χ0n) is 7.40. The molecule has 0 bridgehead atoms. The molecule has 0 heterocycles. The lowest BCUT2D eigenvalue weighted by molar-refractivity contribution is 0.612. The van der Waals surface area contributed by atoms with Gasteiger partial charge in [0.05, 0.1) is 0 Å². The molecule has 0 saturated heterocycles. The van der Waals surface area contributed by atoms with Gasteiger partial charge >= 0.3 is 0 Å². The van der Waals surface area contributed by atoms with E-state index in [9.17, 15) is 0 Å². The van der Waals surface area contributed by atoms with E-state index in [0.29, 0.717) is 0 Å². The van der Waals surface area contributed by atoms with Crippen molar-refractivity contribution in [2.24, 2.45) is 5.73 Å². The lowest BCUT2D eigenvalue weighted by Crippen LogP contribution is -1.97. The maximum absolute atomic E-state index is 7.04. The van der Waals surface area contributed by atoms with Crippen LogP contribution in [0.25, 0.3) is 0 Å². The van der Waals surface area contributed by atoms with Crippen LogP contribution in [0.5, 0.6) is 0 Å². The summed E-state index contributed by atoms with van der Waals surface area (Å²) in [6.45, 7) is 1.86. The normalized spacial score (nSPS) is 15.1. The Morgan fingerprint density at radius 2 is 1.67 bits per heavy atom. The Morgan fingerprint density at radius 3 is 2.22 bits per heavy atom. The summed E-state index contributed by atoms with van der Waals surface area (Å²) < 4.78 is 7.04. The highest BCUT2D eigenvalue weighted by Gasteiger charge is 1.85. The third-order valence-corrected chi connectivity index (χ3v) is 1.47. The van der Waals surface area contributed by atoms with Crippen LogP contribution in [-0.4, -0.2) is 6.52 Å². The summed E-state index contributed by atoms with van der Waals surface area (Å²) in [7, 11) is 0. The van der Waals surface area contributed by atoms with Crippen molar-refractivity contribution < 1.29 is 1.37 Å². The minimum absolute atomic E-state index is 0.346. The van der Waals surface area contributed by atoms with E-state index >= 15 is 0 Å². The Balaban J connectivity index is 2.77. The van der Waals surface area contributed by atoms with E-state index in [1.807, 2.05) is 0 Å². The predicted molar refractivity (Wildman–Crippen MR) is 42.4 cm³/mol. The van der Waals surface area contributed by atoms with E-state index in [1.54, 1.807) is 0 Å².